The number of halogens is 2. The van der Waals surface area contributed by atoms with E-state index in [4.69, 9.17) is 42.1 Å². The Hall–Kier alpha value is -0.930. The molecule has 1 aromatic carbocycles. The topological polar surface area (TPSA) is 86.3 Å². The van der Waals surface area contributed by atoms with Crippen LogP contribution >= 0.6 is 23.2 Å². The number of benzene rings is 1. The van der Waals surface area contributed by atoms with Gasteiger partial charge in [-0.15, -0.1) is 0 Å². The second-order valence-corrected chi connectivity index (χ2v) is 11.7. The Balaban J connectivity index is 1.40. The van der Waals surface area contributed by atoms with E-state index < -0.39 is 29.9 Å². The third-order valence-corrected chi connectivity index (χ3v) is 7.86. The Morgan fingerprint density at radius 3 is 2.24 bits per heavy atom. The van der Waals surface area contributed by atoms with E-state index in [1.54, 1.807) is 32.0 Å². The summed E-state index contributed by atoms with van der Waals surface area (Å²) in [5, 5.41) is 14.6. The minimum atomic E-state index is -1.22. The summed E-state index contributed by atoms with van der Waals surface area (Å²) in [5.41, 5.74) is 0.559. The van der Waals surface area contributed by atoms with Crippen LogP contribution in [0.4, 0.5) is 0 Å². The van der Waals surface area contributed by atoms with Crippen molar-refractivity contribution in [1.29, 1.82) is 0 Å². The van der Waals surface area contributed by atoms with Gasteiger partial charge in [-0.3, -0.25) is 4.79 Å². The molecule has 0 spiro atoms. The Morgan fingerprint density at radius 1 is 1.00 bits per heavy atom. The number of ether oxygens (including phenoxy) is 4. The lowest BCUT2D eigenvalue weighted by atomic mass is 10.1. The molecule has 0 aromatic heterocycles. The number of hydrogen-bond donors (Lipinski definition) is 2. The predicted molar refractivity (Wildman–Crippen MR) is 149 cm³/mol. The zero-order valence-electron chi connectivity index (χ0n) is 23.1. The highest BCUT2D eigenvalue weighted by Gasteiger charge is 2.64. The Kier molecular flexibility index (Phi) is 12.6. The first-order valence-corrected chi connectivity index (χ1v) is 14.9. The lowest BCUT2D eigenvalue weighted by Crippen LogP contribution is -2.45. The van der Waals surface area contributed by atoms with E-state index >= 15 is 0 Å². The molecule has 1 amide bonds. The van der Waals surface area contributed by atoms with Crippen molar-refractivity contribution in [2.45, 2.75) is 121 Å². The maximum Gasteiger partial charge on any atom is 0.224 e. The van der Waals surface area contributed by atoms with Gasteiger partial charge in [0.15, 0.2) is 5.79 Å². The molecule has 0 radical (unpaired) electrons. The number of carbonyl (C=O) groups is 1. The van der Waals surface area contributed by atoms with Gasteiger partial charge in [0.05, 0.1) is 6.42 Å². The average Bonchev–Trinajstić information content (AvgIpc) is 3.27. The van der Waals surface area contributed by atoms with Crippen LogP contribution in [0.15, 0.2) is 18.2 Å². The maximum atomic E-state index is 12.6. The molecule has 9 heteroatoms. The number of aliphatic hydroxyl groups is 1. The summed E-state index contributed by atoms with van der Waals surface area (Å²) in [6.07, 6.45) is 10.2. The summed E-state index contributed by atoms with van der Waals surface area (Å²) in [6, 6.07) is 5.11. The first-order valence-electron chi connectivity index (χ1n) is 14.2. The molecule has 2 saturated heterocycles. The number of rotatable bonds is 17. The standard InChI is InChI=1S/C29H45Cl2NO6/c1-4-5-6-7-8-9-10-11-12-13-17-35-20-29-27(37-28(2,3)38-29)26(34)24(36-29)19-32-25(33)18-21-22(30)15-14-16-23(21)31/h14-16,24,26-27,34H,4-13,17-20H2,1-3H3,(H,32,33)/t24-,26+,27-,29-/m0/s1. The quantitative estimate of drug-likeness (QED) is 0.216. The van der Waals surface area contributed by atoms with Gasteiger partial charge >= 0.3 is 0 Å². The minimum absolute atomic E-state index is 0.0257. The highest BCUT2D eigenvalue weighted by Crippen LogP contribution is 2.45. The van der Waals surface area contributed by atoms with Gasteiger partial charge in [0.25, 0.3) is 0 Å². The first kappa shape index (κ1) is 31.6. The Morgan fingerprint density at radius 2 is 1.61 bits per heavy atom. The van der Waals surface area contributed by atoms with Gasteiger partial charge in [-0.25, -0.2) is 0 Å². The van der Waals surface area contributed by atoms with Crippen LogP contribution in [-0.2, 0) is 30.2 Å². The molecule has 0 bridgehead atoms. The normalized spacial score (nSPS) is 26.0. The SMILES string of the molecule is CCCCCCCCCCCCOC[C@@]12O[C@@H](CNC(=O)Cc3c(Cl)cccc3Cl)[C@@H](O)[C@@H]1OC(C)(C)O2. The third kappa shape index (κ3) is 9.05. The number of hydrogen-bond acceptors (Lipinski definition) is 6. The van der Waals surface area contributed by atoms with Crippen molar-refractivity contribution < 1.29 is 28.8 Å². The van der Waals surface area contributed by atoms with Gasteiger partial charge in [0, 0.05) is 23.2 Å². The van der Waals surface area contributed by atoms with Gasteiger partial charge in [0.1, 0.15) is 24.9 Å². The number of fused-ring (bicyclic) bond motifs is 1. The molecule has 1 aromatic rings. The lowest BCUT2D eigenvalue weighted by Gasteiger charge is -2.28. The number of aliphatic hydroxyl groups excluding tert-OH is 1. The van der Waals surface area contributed by atoms with E-state index in [0.717, 1.165) is 12.8 Å². The van der Waals surface area contributed by atoms with Crippen LogP contribution in [0.1, 0.15) is 90.5 Å². The van der Waals surface area contributed by atoms with Crippen LogP contribution in [0.3, 0.4) is 0 Å². The van der Waals surface area contributed by atoms with Crippen molar-refractivity contribution in [2.75, 3.05) is 19.8 Å². The molecule has 2 aliphatic heterocycles. The molecule has 2 fully saturated rings. The third-order valence-electron chi connectivity index (χ3n) is 7.15. The van der Waals surface area contributed by atoms with E-state index in [1.807, 2.05) is 0 Å². The highest BCUT2D eigenvalue weighted by atomic mass is 35.5. The van der Waals surface area contributed by atoms with Crippen molar-refractivity contribution in [2.24, 2.45) is 0 Å². The molecule has 38 heavy (non-hydrogen) atoms. The van der Waals surface area contributed by atoms with E-state index in [0.29, 0.717) is 22.2 Å². The lowest BCUT2D eigenvalue weighted by molar-refractivity contribution is -0.277. The van der Waals surface area contributed by atoms with E-state index in [2.05, 4.69) is 12.2 Å². The summed E-state index contributed by atoms with van der Waals surface area (Å²) >= 11 is 12.4. The van der Waals surface area contributed by atoms with Crippen molar-refractivity contribution in [3.63, 3.8) is 0 Å². The van der Waals surface area contributed by atoms with Crippen LogP contribution in [0.5, 0.6) is 0 Å². The largest absolute Gasteiger partial charge is 0.387 e. The predicted octanol–water partition coefficient (Wildman–Crippen LogP) is 6.20. The van der Waals surface area contributed by atoms with Crippen molar-refractivity contribution in [3.8, 4) is 0 Å². The number of nitrogens with one attached hydrogen (secondary N) is 1. The number of carbonyl (C=O) groups excluding carboxylic acids is 1. The molecule has 216 valence electrons. The van der Waals surface area contributed by atoms with E-state index in [9.17, 15) is 9.90 Å². The summed E-state index contributed by atoms with van der Waals surface area (Å²) in [6.45, 7) is 6.65. The highest BCUT2D eigenvalue weighted by molar-refractivity contribution is 6.36. The smallest absolute Gasteiger partial charge is 0.224 e. The van der Waals surface area contributed by atoms with Crippen molar-refractivity contribution >= 4 is 29.1 Å². The van der Waals surface area contributed by atoms with Crippen LogP contribution in [0.25, 0.3) is 0 Å². The molecular weight excluding hydrogens is 529 g/mol. The van der Waals surface area contributed by atoms with Gasteiger partial charge < -0.3 is 29.4 Å². The molecule has 0 unspecified atom stereocenters. The molecule has 2 N–H and O–H groups in total. The molecule has 4 atom stereocenters. The molecule has 7 nitrogen and oxygen atoms in total. The molecule has 3 rings (SSSR count). The zero-order chi connectivity index (χ0) is 27.6. The molecule has 0 aliphatic carbocycles. The molecule has 0 saturated carbocycles. The van der Waals surface area contributed by atoms with Gasteiger partial charge in [-0.2, -0.15) is 0 Å². The van der Waals surface area contributed by atoms with Gasteiger partial charge in [-0.05, 0) is 38.0 Å². The van der Waals surface area contributed by atoms with Gasteiger partial charge in [0.2, 0.25) is 11.7 Å². The molecule has 2 heterocycles. The monoisotopic (exact) mass is 573 g/mol. The van der Waals surface area contributed by atoms with Crippen LogP contribution in [-0.4, -0.2) is 60.7 Å². The summed E-state index contributed by atoms with van der Waals surface area (Å²) < 4.78 is 24.2. The van der Waals surface area contributed by atoms with E-state index in [-0.39, 0.29) is 25.5 Å². The second kappa shape index (κ2) is 15.2. The fourth-order valence-corrected chi connectivity index (χ4v) is 5.72. The second-order valence-electron chi connectivity index (χ2n) is 10.9. The van der Waals surface area contributed by atoms with Crippen molar-refractivity contribution in [3.05, 3.63) is 33.8 Å². The van der Waals surface area contributed by atoms with Crippen LogP contribution in [0, 0.1) is 0 Å². The van der Waals surface area contributed by atoms with Crippen molar-refractivity contribution in [1.82, 2.24) is 5.32 Å². The minimum Gasteiger partial charge on any atom is -0.387 e. The maximum absolute atomic E-state index is 12.6. The average molecular weight is 575 g/mol. The fourth-order valence-electron chi connectivity index (χ4n) is 5.19. The zero-order valence-corrected chi connectivity index (χ0v) is 24.6. The first-order chi connectivity index (χ1) is 18.2. The van der Waals surface area contributed by atoms with E-state index in [1.165, 1.54) is 51.4 Å². The van der Waals surface area contributed by atoms with Crippen LogP contribution < -0.4 is 5.32 Å². The number of amides is 1. The fraction of sp³-hybridized carbons (Fsp3) is 0.759. The summed E-state index contributed by atoms with van der Waals surface area (Å²) in [5.74, 6) is -2.41. The van der Waals surface area contributed by atoms with Gasteiger partial charge in [-0.1, -0.05) is 94.0 Å². The summed E-state index contributed by atoms with van der Waals surface area (Å²) in [7, 11) is 0. The Bertz CT molecular complexity index is 864. The van der Waals surface area contributed by atoms with Crippen LogP contribution in [0.2, 0.25) is 10.0 Å². The molecule has 2 aliphatic rings. The molecular formula is C29H45Cl2NO6. The Labute approximate surface area is 237 Å². The summed E-state index contributed by atoms with van der Waals surface area (Å²) in [4.78, 5) is 12.6. The number of unbranched alkanes of at least 4 members (excludes halogenated alkanes) is 9.